The van der Waals surface area contributed by atoms with Gasteiger partial charge in [-0.15, -0.1) is 0 Å². The molecular weight excluding hydrogens is 289 g/mol. The molecule has 1 aliphatic rings. The summed E-state index contributed by atoms with van der Waals surface area (Å²) in [4.78, 5) is 0. The topological polar surface area (TPSA) is 46.2 Å². The number of hydrogen-bond acceptors (Lipinski definition) is 2. The molecule has 0 spiro atoms. The summed E-state index contributed by atoms with van der Waals surface area (Å²) in [6.45, 7) is 0.178. The van der Waals surface area contributed by atoms with Gasteiger partial charge in [-0.3, -0.25) is 0 Å². The second kappa shape index (κ2) is 5.76. The fourth-order valence-corrected chi connectivity index (χ4v) is 3.32. The van der Waals surface area contributed by atoms with E-state index >= 15 is 0 Å². The number of aliphatic hydroxyl groups is 1. The molecule has 3 rings (SSSR count). The molecule has 0 fully saturated rings. The van der Waals surface area contributed by atoms with Gasteiger partial charge in [0.05, 0.1) is 11.1 Å². The van der Waals surface area contributed by atoms with Crippen LogP contribution in [-0.2, 0) is 6.42 Å². The van der Waals surface area contributed by atoms with E-state index in [4.69, 9.17) is 17.3 Å². The minimum atomic E-state index is -0.710. The fraction of sp³-hybridized carbons (Fsp3) is 0.294. The summed E-state index contributed by atoms with van der Waals surface area (Å²) in [5.41, 5.74) is 8.55. The molecule has 0 aliphatic heterocycles. The molecule has 3 atom stereocenters. The van der Waals surface area contributed by atoms with Crippen molar-refractivity contribution >= 4 is 11.6 Å². The van der Waals surface area contributed by atoms with E-state index in [-0.39, 0.29) is 17.5 Å². The van der Waals surface area contributed by atoms with Gasteiger partial charge in [-0.2, -0.15) is 0 Å². The van der Waals surface area contributed by atoms with Crippen molar-refractivity contribution in [2.24, 2.45) is 5.73 Å². The molecule has 0 saturated carbocycles. The van der Waals surface area contributed by atoms with E-state index in [2.05, 4.69) is 6.07 Å². The van der Waals surface area contributed by atoms with Crippen LogP contribution in [0.15, 0.2) is 42.5 Å². The van der Waals surface area contributed by atoms with Crippen LogP contribution in [0.25, 0.3) is 0 Å². The molecule has 3 unspecified atom stereocenters. The predicted molar refractivity (Wildman–Crippen MR) is 82.1 cm³/mol. The molecule has 2 aromatic rings. The summed E-state index contributed by atoms with van der Waals surface area (Å²) < 4.78 is 14.2. The molecule has 21 heavy (non-hydrogen) atoms. The maximum absolute atomic E-state index is 14.2. The number of rotatable bonds is 4. The van der Waals surface area contributed by atoms with Crippen LogP contribution >= 0.6 is 11.6 Å². The van der Waals surface area contributed by atoms with Crippen LogP contribution in [0, 0.1) is 5.82 Å². The van der Waals surface area contributed by atoms with Gasteiger partial charge in [0.15, 0.2) is 0 Å². The molecule has 0 heterocycles. The van der Waals surface area contributed by atoms with Gasteiger partial charge in [-0.05, 0) is 29.2 Å². The molecule has 2 nitrogen and oxygen atoms in total. The second-order valence-electron chi connectivity index (χ2n) is 5.49. The first-order chi connectivity index (χ1) is 10.1. The molecule has 0 amide bonds. The third-order valence-electron chi connectivity index (χ3n) is 4.35. The lowest BCUT2D eigenvalue weighted by Gasteiger charge is -2.37. The van der Waals surface area contributed by atoms with Crippen molar-refractivity contribution in [1.82, 2.24) is 0 Å². The van der Waals surface area contributed by atoms with Crippen LogP contribution in [-0.4, -0.2) is 17.8 Å². The Balaban J connectivity index is 1.89. The van der Waals surface area contributed by atoms with E-state index < -0.39 is 17.8 Å². The first kappa shape index (κ1) is 14.5. The van der Waals surface area contributed by atoms with Crippen LogP contribution in [0.2, 0.25) is 5.02 Å². The summed E-state index contributed by atoms with van der Waals surface area (Å²) in [6, 6.07) is 12.8. The Morgan fingerprint density at radius 1 is 1.24 bits per heavy atom. The van der Waals surface area contributed by atoms with Crippen molar-refractivity contribution < 1.29 is 9.50 Å². The quantitative estimate of drug-likeness (QED) is 0.911. The van der Waals surface area contributed by atoms with Gasteiger partial charge in [-0.25, -0.2) is 4.39 Å². The summed E-state index contributed by atoms with van der Waals surface area (Å²) >= 11 is 5.83. The van der Waals surface area contributed by atoms with Crippen LogP contribution < -0.4 is 5.73 Å². The molecule has 3 N–H and O–H groups in total. The number of benzene rings is 2. The maximum Gasteiger partial charge on any atom is 0.145 e. The van der Waals surface area contributed by atoms with Crippen molar-refractivity contribution in [3.8, 4) is 0 Å². The Morgan fingerprint density at radius 2 is 2.00 bits per heavy atom. The Hall–Kier alpha value is -1.42. The molecule has 4 heteroatoms. The maximum atomic E-state index is 14.2. The summed E-state index contributed by atoms with van der Waals surface area (Å²) in [7, 11) is 0. The molecule has 0 saturated heterocycles. The molecule has 2 aromatic carbocycles. The standard InChI is InChI=1S/C17H17ClFNO/c18-15-7-3-6-12(16(15)19)14(9-20)17(21)13-8-10-4-1-2-5-11(10)13/h1-7,13-14,17,21H,8-9,20H2. The fourth-order valence-electron chi connectivity index (χ4n) is 3.14. The van der Waals surface area contributed by atoms with Crippen molar-refractivity contribution in [2.75, 3.05) is 6.54 Å². The van der Waals surface area contributed by atoms with Gasteiger partial charge in [-0.1, -0.05) is 48.0 Å². The van der Waals surface area contributed by atoms with Crippen LogP contribution in [0.1, 0.15) is 28.5 Å². The Kier molecular flexibility index (Phi) is 3.98. The van der Waals surface area contributed by atoms with Crippen LogP contribution in [0.5, 0.6) is 0 Å². The number of fused-ring (bicyclic) bond motifs is 1. The lowest BCUT2D eigenvalue weighted by atomic mass is 9.70. The van der Waals surface area contributed by atoms with Crippen molar-refractivity contribution in [3.63, 3.8) is 0 Å². The number of halogens is 2. The SMILES string of the molecule is NCC(c1cccc(Cl)c1F)C(O)C1Cc2ccccc21. The van der Waals surface area contributed by atoms with E-state index in [1.807, 2.05) is 18.2 Å². The zero-order chi connectivity index (χ0) is 15.0. The van der Waals surface area contributed by atoms with Crippen LogP contribution in [0.3, 0.4) is 0 Å². The first-order valence-corrected chi connectivity index (χ1v) is 7.41. The molecule has 0 bridgehead atoms. The normalized spacial score (nSPS) is 19.5. The van der Waals surface area contributed by atoms with Crippen molar-refractivity contribution in [2.45, 2.75) is 24.4 Å². The highest BCUT2D eigenvalue weighted by atomic mass is 35.5. The average molecular weight is 306 g/mol. The lowest BCUT2D eigenvalue weighted by Crippen LogP contribution is -2.37. The number of nitrogens with two attached hydrogens (primary N) is 1. The highest BCUT2D eigenvalue weighted by Crippen LogP contribution is 2.42. The van der Waals surface area contributed by atoms with Crippen molar-refractivity contribution in [1.29, 1.82) is 0 Å². The van der Waals surface area contributed by atoms with Gasteiger partial charge in [0.25, 0.3) is 0 Å². The van der Waals surface area contributed by atoms with Gasteiger partial charge >= 0.3 is 0 Å². The first-order valence-electron chi connectivity index (χ1n) is 7.03. The lowest BCUT2D eigenvalue weighted by molar-refractivity contribution is 0.105. The highest BCUT2D eigenvalue weighted by Gasteiger charge is 2.37. The molecule has 1 aliphatic carbocycles. The zero-order valence-electron chi connectivity index (χ0n) is 11.5. The van der Waals surface area contributed by atoms with Gasteiger partial charge in [0.1, 0.15) is 5.82 Å². The Bertz CT molecular complexity index is 661. The summed E-state index contributed by atoms with van der Waals surface area (Å²) in [5, 5.41) is 10.7. The number of aliphatic hydroxyl groups excluding tert-OH is 1. The van der Waals surface area contributed by atoms with E-state index in [9.17, 15) is 9.50 Å². The largest absolute Gasteiger partial charge is 0.392 e. The number of hydrogen-bond donors (Lipinski definition) is 2. The predicted octanol–water partition coefficient (Wildman–Crippen LogP) is 3.22. The highest BCUT2D eigenvalue weighted by molar-refractivity contribution is 6.30. The Morgan fingerprint density at radius 3 is 2.71 bits per heavy atom. The van der Waals surface area contributed by atoms with E-state index in [1.54, 1.807) is 12.1 Å². The monoisotopic (exact) mass is 305 g/mol. The van der Waals surface area contributed by atoms with Gasteiger partial charge in [0, 0.05) is 18.4 Å². The molecule has 0 radical (unpaired) electrons. The van der Waals surface area contributed by atoms with E-state index in [0.29, 0.717) is 5.56 Å². The van der Waals surface area contributed by atoms with Crippen LogP contribution in [0.4, 0.5) is 4.39 Å². The molecule has 0 aromatic heterocycles. The second-order valence-corrected chi connectivity index (χ2v) is 5.89. The third-order valence-corrected chi connectivity index (χ3v) is 4.65. The van der Waals surface area contributed by atoms with Gasteiger partial charge in [0.2, 0.25) is 0 Å². The minimum Gasteiger partial charge on any atom is -0.392 e. The molecule has 110 valence electrons. The van der Waals surface area contributed by atoms with Gasteiger partial charge < -0.3 is 10.8 Å². The average Bonchev–Trinajstić information content (AvgIpc) is 2.45. The van der Waals surface area contributed by atoms with Crippen molar-refractivity contribution in [3.05, 3.63) is 70.0 Å². The summed E-state index contributed by atoms with van der Waals surface area (Å²) in [6.07, 6.45) is 0.0913. The zero-order valence-corrected chi connectivity index (χ0v) is 12.2. The molecular formula is C17H17ClFNO. The summed E-state index contributed by atoms with van der Waals surface area (Å²) in [5.74, 6) is -0.934. The minimum absolute atomic E-state index is 0.00753. The van der Waals surface area contributed by atoms with E-state index in [0.717, 1.165) is 12.0 Å². The van der Waals surface area contributed by atoms with E-state index in [1.165, 1.54) is 11.6 Å². The smallest absolute Gasteiger partial charge is 0.145 e. The Labute approximate surface area is 128 Å². The third kappa shape index (κ3) is 2.46.